The Morgan fingerprint density at radius 1 is 1.50 bits per heavy atom. The molecular formula is C13H18FN3O3. The van der Waals surface area contributed by atoms with Crippen LogP contribution < -0.4 is 5.32 Å². The van der Waals surface area contributed by atoms with Crippen LogP contribution in [0.15, 0.2) is 18.2 Å². The first-order valence-electron chi connectivity index (χ1n) is 6.27. The molecule has 110 valence electrons. The lowest BCUT2D eigenvalue weighted by atomic mass is 10.2. The number of rotatable bonds is 6. The first-order chi connectivity index (χ1) is 9.35. The Morgan fingerprint density at radius 3 is 2.70 bits per heavy atom. The first-order valence-corrected chi connectivity index (χ1v) is 6.27. The number of carbonyl (C=O) groups excluding carboxylic acids is 1. The van der Waals surface area contributed by atoms with Gasteiger partial charge >= 0.3 is 0 Å². The smallest absolute Gasteiger partial charge is 0.272 e. The average molecular weight is 283 g/mol. The molecule has 0 fully saturated rings. The molecule has 1 unspecified atom stereocenters. The van der Waals surface area contributed by atoms with Crippen LogP contribution in [-0.2, 0) is 11.3 Å². The SMILES string of the molecule is CCN(C)C(=O)C(C)NCc1cc(F)cc([N+](=O)[O-])c1. The van der Waals surface area contributed by atoms with Gasteiger partial charge in [-0.25, -0.2) is 4.39 Å². The molecule has 1 atom stereocenters. The number of benzene rings is 1. The minimum Gasteiger partial charge on any atom is -0.345 e. The van der Waals surface area contributed by atoms with Gasteiger partial charge in [0, 0.05) is 26.2 Å². The summed E-state index contributed by atoms with van der Waals surface area (Å²) in [6.45, 7) is 4.34. The van der Waals surface area contributed by atoms with E-state index in [2.05, 4.69) is 5.32 Å². The summed E-state index contributed by atoms with van der Waals surface area (Å²) in [5.74, 6) is -0.751. The van der Waals surface area contributed by atoms with Gasteiger partial charge in [0.2, 0.25) is 5.91 Å². The van der Waals surface area contributed by atoms with Crippen LogP contribution in [0.3, 0.4) is 0 Å². The fourth-order valence-electron chi connectivity index (χ4n) is 1.69. The van der Waals surface area contributed by atoms with E-state index >= 15 is 0 Å². The largest absolute Gasteiger partial charge is 0.345 e. The van der Waals surface area contributed by atoms with Gasteiger partial charge < -0.3 is 10.2 Å². The van der Waals surface area contributed by atoms with Crippen LogP contribution in [-0.4, -0.2) is 35.4 Å². The van der Waals surface area contributed by atoms with E-state index in [1.54, 1.807) is 18.9 Å². The number of amides is 1. The van der Waals surface area contributed by atoms with E-state index in [1.807, 2.05) is 6.92 Å². The number of halogens is 1. The minimum atomic E-state index is -0.666. The van der Waals surface area contributed by atoms with Gasteiger partial charge in [0.1, 0.15) is 5.82 Å². The lowest BCUT2D eigenvalue weighted by molar-refractivity contribution is -0.385. The average Bonchev–Trinajstić information content (AvgIpc) is 2.42. The van der Waals surface area contributed by atoms with Gasteiger partial charge in [0.25, 0.3) is 5.69 Å². The number of hydrogen-bond acceptors (Lipinski definition) is 4. The van der Waals surface area contributed by atoms with Gasteiger partial charge in [-0.15, -0.1) is 0 Å². The minimum absolute atomic E-state index is 0.0848. The van der Waals surface area contributed by atoms with Crippen molar-refractivity contribution >= 4 is 11.6 Å². The molecule has 1 aromatic carbocycles. The van der Waals surface area contributed by atoms with E-state index in [-0.39, 0.29) is 18.1 Å². The Morgan fingerprint density at radius 2 is 2.15 bits per heavy atom. The molecule has 0 aliphatic carbocycles. The highest BCUT2D eigenvalue weighted by atomic mass is 19.1. The molecule has 20 heavy (non-hydrogen) atoms. The molecular weight excluding hydrogens is 265 g/mol. The fraction of sp³-hybridized carbons (Fsp3) is 0.462. The Labute approximate surface area is 116 Å². The number of nitro benzene ring substituents is 1. The van der Waals surface area contributed by atoms with Crippen molar-refractivity contribution in [1.82, 2.24) is 10.2 Å². The number of likely N-dealkylation sites (N-methyl/N-ethyl adjacent to an activating group) is 1. The summed E-state index contributed by atoms with van der Waals surface area (Å²) < 4.78 is 13.2. The van der Waals surface area contributed by atoms with Crippen molar-refractivity contribution in [2.45, 2.75) is 26.4 Å². The number of carbonyl (C=O) groups is 1. The predicted octanol–water partition coefficient (Wildman–Crippen LogP) is 1.69. The summed E-state index contributed by atoms with van der Waals surface area (Å²) in [6.07, 6.45) is 0. The Kier molecular flexibility index (Phi) is 5.57. The molecule has 0 bridgehead atoms. The highest BCUT2D eigenvalue weighted by Gasteiger charge is 2.16. The third kappa shape index (κ3) is 4.27. The Bertz CT molecular complexity index is 508. The van der Waals surface area contributed by atoms with Gasteiger partial charge in [-0.2, -0.15) is 0 Å². The number of nitro groups is 1. The van der Waals surface area contributed by atoms with Crippen molar-refractivity contribution in [1.29, 1.82) is 0 Å². The van der Waals surface area contributed by atoms with Crippen molar-refractivity contribution in [3.63, 3.8) is 0 Å². The van der Waals surface area contributed by atoms with Gasteiger partial charge in [-0.1, -0.05) is 0 Å². The zero-order valence-electron chi connectivity index (χ0n) is 11.7. The standard InChI is InChI=1S/C13H18FN3O3/c1-4-16(3)13(18)9(2)15-8-10-5-11(14)7-12(6-10)17(19)20/h5-7,9,15H,4,8H2,1-3H3. The van der Waals surface area contributed by atoms with Crippen LogP contribution in [0.4, 0.5) is 10.1 Å². The molecule has 0 saturated heterocycles. The second-order valence-electron chi connectivity index (χ2n) is 4.53. The normalized spacial score (nSPS) is 12.0. The van der Waals surface area contributed by atoms with Gasteiger partial charge in [0.15, 0.2) is 0 Å². The molecule has 1 aromatic rings. The molecule has 0 aliphatic heterocycles. The van der Waals surface area contributed by atoms with Crippen LogP contribution in [0.25, 0.3) is 0 Å². The highest BCUT2D eigenvalue weighted by molar-refractivity contribution is 5.81. The number of hydrogen-bond donors (Lipinski definition) is 1. The van der Waals surface area contributed by atoms with Crippen molar-refractivity contribution in [3.8, 4) is 0 Å². The third-order valence-corrected chi connectivity index (χ3v) is 2.99. The number of non-ortho nitro benzene ring substituents is 1. The number of nitrogens with one attached hydrogen (secondary N) is 1. The van der Waals surface area contributed by atoms with E-state index in [9.17, 15) is 19.3 Å². The van der Waals surface area contributed by atoms with Crippen LogP contribution >= 0.6 is 0 Å². The van der Waals surface area contributed by atoms with Gasteiger partial charge in [-0.05, 0) is 25.5 Å². The molecule has 1 N–H and O–H groups in total. The second-order valence-corrected chi connectivity index (χ2v) is 4.53. The molecule has 0 aliphatic rings. The molecule has 7 heteroatoms. The van der Waals surface area contributed by atoms with E-state index in [0.717, 1.165) is 6.07 Å². The van der Waals surface area contributed by atoms with Gasteiger partial charge in [-0.3, -0.25) is 14.9 Å². The van der Waals surface area contributed by atoms with Crippen LogP contribution in [0, 0.1) is 15.9 Å². The molecule has 0 radical (unpaired) electrons. The molecule has 0 spiro atoms. The summed E-state index contributed by atoms with van der Waals surface area (Å²) in [5, 5.41) is 13.6. The predicted molar refractivity (Wildman–Crippen MR) is 72.7 cm³/mol. The molecule has 0 aromatic heterocycles. The maximum absolute atomic E-state index is 13.2. The highest BCUT2D eigenvalue weighted by Crippen LogP contribution is 2.16. The third-order valence-electron chi connectivity index (χ3n) is 2.99. The van der Waals surface area contributed by atoms with Crippen molar-refractivity contribution in [3.05, 3.63) is 39.7 Å². The molecule has 0 heterocycles. The number of nitrogens with zero attached hydrogens (tertiary/aromatic N) is 2. The van der Waals surface area contributed by atoms with Crippen LogP contribution in [0.5, 0.6) is 0 Å². The fourth-order valence-corrected chi connectivity index (χ4v) is 1.69. The zero-order chi connectivity index (χ0) is 15.3. The van der Waals surface area contributed by atoms with E-state index in [4.69, 9.17) is 0 Å². The summed E-state index contributed by atoms with van der Waals surface area (Å²) in [4.78, 5) is 23.4. The van der Waals surface area contributed by atoms with E-state index < -0.39 is 16.8 Å². The van der Waals surface area contributed by atoms with E-state index in [0.29, 0.717) is 12.1 Å². The maximum atomic E-state index is 13.2. The van der Waals surface area contributed by atoms with Crippen molar-refractivity contribution in [2.75, 3.05) is 13.6 Å². The molecule has 1 rings (SSSR count). The topological polar surface area (TPSA) is 75.5 Å². The summed E-state index contributed by atoms with van der Waals surface area (Å²) in [6, 6.07) is 2.92. The summed E-state index contributed by atoms with van der Waals surface area (Å²) >= 11 is 0. The van der Waals surface area contributed by atoms with Crippen molar-refractivity contribution in [2.24, 2.45) is 0 Å². The molecule has 0 saturated carbocycles. The lowest BCUT2D eigenvalue weighted by Gasteiger charge is -2.20. The maximum Gasteiger partial charge on any atom is 0.272 e. The summed E-state index contributed by atoms with van der Waals surface area (Å²) in [7, 11) is 1.69. The quantitative estimate of drug-likeness (QED) is 0.636. The van der Waals surface area contributed by atoms with Crippen molar-refractivity contribution < 1.29 is 14.1 Å². The summed E-state index contributed by atoms with van der Waals surface area (Å²) in [5.41, 5.74) is 0.127. The zero-order valence-corrected chi connectivity index (χ0v) is 11.7. The van der Waals surface area contributed by atoms with Gasteiger partial charge in [0.05, 0.1) is 17.0 Å². The lowest BCUT2D eigenvalue weighted by Crippen LogP contribution is -2.42. The molecule has 6 nitrogen and oxygen atoms in total. The first kappa shape index (κ1) is 16.0. The Balaban J connectivity index is 2.70. The van der Waals surface area contributed by atoms with E-state index in [1.165, 1.54) is 12.1 Å². The van der Waals surface area contributed by atoms with Crippen LogP contribution in [0.2, 0.25) is 0 Å². The van der Waals surface area contributed by atoms with Crippen LogP contribution in [0.1, 0.15) is 19.4 Å². The second kappa shape index (κ2) is 6.95. The monoisotopic (exact) mass is 283 g/mol. The molecule has 1 amide bonds. The Hall–Kier alpha value is -2.02.